The summed E-state index contributed by atoms with van der Waals surface area (Å²) in [4.78, 5) is 7.16. The molecular weight excluding hydrogens is 396 g/mol. The smallest absolute Gasteiger partial charge is 0.211 e. The summed E-state index contributed by atoms with van der Waals surface area (Å²) in [5.74, 6) is 0.735. The van der Waals surface area contributed by atoms with Gasteiger partial charge in [-0.25, -0.2) is 18.1 Å². The van der Waals surface area contributed by atoms with E-state index < -0.39 is 10.0 Å². The van der Waals surface area contributed by atoms with Crippen LogP contribution in [-0.2, 0) is 21.3 Å². The molecule has 0 aromatic carbocycles. The predicted molar refractivity (Wildman–Crippen MR) is 114 cm³/mol. The Kier molecular flexibility index (Phi) is 7.72. The van der Waals surface area contributed by atoms with Crippen LogP contribution in [-0.4, -0.2) is 61.9 Å². The van der Waals surface area contributed by atoms with E-state index in [4.69, 9.17) is 9.72 Å². The molecule has 1 aromatic rings. The SMILES string of the molecule is CCS(=O)(=O)NC1CCC(CNc2nc(CN3C[C@@H](C)O[C@@H](C)C3)cs2)CC1. The van der Waals surface area contributed by atoms with Gasteiger partial charge in [0.2, 0.25) is 10.0 Å². The van der Waals surface area contributed by atoms with Gasteiger partial charge in [0, 0.05) is 37.6 Å². The van der Waals surface area contributed by atoms with Gasteiger partial charge in [0.1, 0.15) is 0 Å². The maximum Gasteiger partial charge on any atom is 0.211 e. The number of hydrogen-bond donors (Lipinski definition) is 2. The summed E-state index contributed by atoms with van der Waals surface area (Å²) in [5, 5.41) is 6.62. The Labute approximate surface area is 173 Å². The highest BCUT2D eigenvalue weighted by Gasteiger charge is 2.25. The Hall–Kier alpha value is -0.740. The largest absolute Gasteiger partial charge is 0.373 e. The Balaban J connectivity index is 1.39. The maximum absolute atomic E-state index is 11.7. The number of sulfonamides is 1. The number of thiazole rings is 1. The molecule has 2 fully saturated rings. The lowest BCUT2D eigenvalue weighted by atomic mass is 9.86. The van der Waals surface area contributed by atoms with Crippen LogP contribution in [0.2, 0.25) is 0 Å². The molecule has 2 aliphatic rings. The molecule has 9 heteroatoms. The highest BCUT2D eigenvalue weighted by molar-refractivity contribution is 7.89. The molecule has 1 aromatic heterocycles. The molecule has 160 valence electrons. The van der Waals surface area contributed by atoms with Crippen molar-refractivity contribution in [2.24, 2.45) is 5.92 Å². The Bertz CT molecular complexity index is 707. The second-order valence-corrected chi connectivity index (χ2v) is 11.1. The van der Waals surface area contributed by atoms with Gasteiger partial charge in [0.05, 0.1) is 23.7 Å². The summed E-state index contributed by atoms with van der Waals surface area (Å²) in [6.45, 7) is 9.62. The minimum Gasteiger partial charge on any atom is -0.373 e. The average Bonchev–Trinajstić information content (AvgIpc) is 3.07. The molecule has 3 rings (SSSR count). The zero-order valence-electron chi connectivity index (χ0n) is 17.2. The minimum absolute atomic E-state index is 0.103. The Morgan fingerprint density at radius 1 is 1.21 bits per heavy atom. The summed E-state index contributed by atoms with van der Waals surface area (Å²) < 4.78 is 32.0. The molecule has 1 saturated heterocycles. The average molecular weight is 431 g/mol. The van der Waals surface area contributed by atoms with Crippen LogP contribution in [0.4, 0.5) is 5.13 Å². The lowest BCUT2D eigenvalue weighted by Crippen LogP contribution is -2.44. The zero-order chi connectivity index (χ0) is 20.1. The quantitative estimate of drug-likeness (QED) is 0.660. The van der Waals surface area contributed by atoms with Gasteiger partial charge in [-0.1, -0.05) is 0 Å². The van der Waals surface area contributed by atoms with Crippen molar-refractivity contribution >= 4 is 26.5 Å². The van der Waals surface area contributed by atoms with Crippen LogP contribution in [0.1, 0.15) is 52.1 Å². The third-order valence-electron chi connectivity index (χ3n) is 5.55. The highest BCUT2D eigenvalue weighted by Crippen LogP contribution is 2.26. The molecule has 0 spiro atoms. The monoisotopic (exact) mass is 430 g/mol. The fourth-order valence-electron chi connectivity index (χ4n) is 4.16. The van der Waals surface area contributed by atoms with E-state index >= 15 is 0 Å². The van der Waals surface area contributed by atoms with Crippen LogP contribution in [0.25, 0.3) is 0 Å². The molecule has 28 heavy (non-hydrogen) atoms. The first-order valence-corrected chi connectivity index (χ1v) is 12.9. The van der Waals surface area contributed by atoms with Crippen LogP contribution >= 0.6 is 11.3 Å². The first kappa shape index (κ1) is 22.0. The molecule has 1 saturated carbocycles. The van der Waals surface area contributed by atoms with E-state index in [1.807, 2.05) is 0 Å². The zero-order valence-corrected chi connectivity index (χ0v) is 18.8. The van der Waals surface area contributed by atoms with Crippen molar-refractivity contribution < 1.29 is 13.2 Å². The maximum atomic E-state index is 11.7. The van der Waals surface area contributed by atoms with Crippen LogP contribution in [0.3, 0.4) is 0 Å². The van der Waals surface area contributed by atoms with Gasteiger partial charge in [0.15, 0.2) is 5.13 Å². The van der Waals surface area contributed by atoms with Crippen molar-refractivity contribution in [1.29, 1.82) is 0 Å². The number of ether oxygens (including phenoxy) is 1. The molecule has 2 atom stereocenters. The van der Waals surface area contributed by atoms with E-state index in [0.717, 1.165) is 62.7 Å². The summed E-state index contributed by atoms with van der Waals surface area (Å²) in [6.07, 6.45) is 4.48. The lowest BCUT2D eigenvalue weighted by molar-refractivity contribution is -0.0707. The van der Waals surface area contributed by atoms with Crippen molar-refractivity contribution in [3.8, 4) is 0 Å². The highest BCUT2D eigenvalue weighted by atomic mass is 32.2. The molecule has 2 N–H and O–H groups in total. The van der Waals surface area contributed by atoms with E-state index in [1.54, 1.807) is 18.3 Å². The van der Waals surface area contributed by atoms with Gasteiger partial charge in [-0.3, -0.25) is 4.90 Å². The summed E-state index contributed by atoms with van der Waals surface area (Å²) in [6, 6.07) is 0.103. The van der Waals surface area contributed by atoms with Crippen molar-refractivity contribution in [2.75, 3.05) is 30.7 Å². The van der Waals surface area contributed by atoms with E-state index in [9.17, 15) is 8.42 Å². The van der Waals surface area contributed by atoms with Gasteiger partial charge in [-0.2, -0.15) is 0 Å². The second kappa shape index (κ2) is 9.84. The Morgan fingerprint density at radius 2 is 1.89 bits per heavy atom. The predicted octanol–water partition coefficient (Wildman–Crippen LogP) is 2.66. The van der Waals surface area contributed by atoms with Crippen molar-refractivity contribution in [3.05, 3.63) is 11.1 Å². The molecule has 1 aliphatic heterocycles. The fourth-order valence-corrected chi connectivity index (χ4v) is 5.78. The van der Waals surface area contributed by atoms with Crippen molar-refractivity contribution in [3.63, 3.8) is 0 Å². The molecule has 1 aliphatic carbocycles. The number of nitrogens with zero attached hydrogens (tertiary/aromatic N) is 2. The topological polar surface area (TPSA) is 83.6 Å². The summed E-state index contributed by atoms with van der Waals surface area (Å²) in [5.41, 5.74) is 1.12. The summed E-state index contributed by atoms with van der Waals surface area (Å²) in [7, 11) is -3.09. The number of hydrogen-bond acceptors (Lipinski definition) is 7. The van der Waals surface area contributed by atoms with E-state index in [2.05, 4.69) is 34.2 Å². The number of aromatic nitrogens is 1. The normalized spacial score (nSPS) is 29.7. The van der Waals surface area contributed by atoms with Crippen LogP contribution in [0.5, 0.6) is 0 Å². The van der Waals surface area contributed by atoms with Gasteiger partial charge >= 0.3 is 0 Å². The number of nitrogens with one attached hydrogen (secondary N) is 2. The number of morpholine rings is 1. The van der Waals surface area contributed by atoms with E-state index in [-0.39, 0.29) is 24.0 Å². The number of anilines is 1. The molecule has 0 unspecified atom stereocenters. The molecule has 0 radical (unpaired) electrons. The molecule has 7 nitrogen and oxygen atoms in total. The van der Waals surface area contributed by atoms with E-state index in [1.165, 1.54) is 0 Å². The molecule has 2 heterocycles. The van der Waals surface area contributed by atoms with Gasteiger partial charge in [0.25, 0.3) is 0 Å². The first-order valence-electron chi connectivity index (χ1n) is 10.4. The first-order chi connectivity index (χ1) is 13.3. The lowest BCUT2D eigenvalue weighted by Gasteiger charge is -2.34. The minimum atomic E-state index is -3.09. The van der Waals surface area contributed by atoms with Gasteiger partial charge < -0.3 is 10.1 Å². The van der Waals surface area contributed by atoms with Crippen molar-refractivity contribution in [2.45, 2.75) is 71.2 Å². The van der Waals surface area contributed by atoms with Gasteiger partial charge in [-0.05, 0) is 52.4 Å². The standard InChI is InChI=1S/C19H34N4O3S2/c1-4-28(24,25)22-17-7-5-16(6-8-17)9-20-19-21-18(13-27-19)12-23-10-14(2)26-15(3)11-23/h13-17,22H,4-12H2,1-3H3,(H,20,21)/t14-,15+,16?,17?. The Morgan fingerprint density at radius 3 is 2.54 bits per heavy atom. The van der Waals surface area contributed by atoms with Crippen molar-refractivity contribution in [1.82, 2.24) is 14.6 Å². The van der Waals surface area contributed by atoms with Crippen LogP contribution in [0, 0.1) is 5.92 Å². The fraction of sp³-hybridized carbons (Fsp3) is 0.842. The third-order valence-corrected chi connectivity index (χ3v) is 7.85. The van der Waals surface area contributed by atoms with E-state index in [0.29, 0.717) is 5.92 Å². The van der Waals surface area contributed by atoms with Crippen LogP contribution in [0.15, 0.2) is 5.38 Å². The second-order valence-electron chi connectivity index (χ2n) is 8.22. The molecule has 0 bridgehead atoms. The van der Waals surface area contributed by atoms with Crippen LogP contribution < -0.4 is 10.0 Å². The molecular formula is C19H34N4O3S2. The number of rotatable bonds is 8. The summed E-state index contributed by atoms with van der Waals surface area (Å²) >= 11 is 1.67. The molecule has 0 amide bonds. The van der Waals surface area contributed by atoms with Gasteiger partial charge in [-0.15, -0.1) is 11.3 Å². The third kappa shape index (κ3) is 6.66.